The first kappa shape index (κ1) is 13.7. The van der Waals surface area contributed by atoms with Crippen LogP contribution in [0, 0.1) is 6.92 Å². The molecule has 0 heterocycles. The standard InChI is InChI=1S/C16H16O2/c1-4-6-14(5-2)15-10-12(3)9-13(11-15)7-8-16(17)18/h4-11H,1-2H2,3H3,(H,17,18)/b8-7+,14-6+. The SMILES string of the molecule is C=C/C=C(\C=C)c1cc(C)cc(/C=C/C(=O)O)c1. The number of carboxylic acid groups (broad SMARTS) is 1. The maximum absolute atomic E-state index is 10.5. The van der Waals surface area contributed by atoms with E-state index in [0.717, 1.165) is 28.3 Å². The molecule has 0 saturated heterocycles. The van der Waals surface area contributed by atoms with E-state index in [9.17, 15) is 4.79 Å². The molecule has 18 heavy (non-hydrogen) atoms. The Morgan fingerprint density at radius 3 is 2.56 bits per heavy atom. The van der Waals surface area contributed by atoms with Crippen molar-refractivity contribution in [3.05, 3.63) is 72.4 Å². The molecule has 1 N–H and O–H groups in total. The molecule has 0 spiro atoms. The lowest BCUT2D eigenvalue weighted by Crippen LogP contribution is -1.88. The number of carbonyl (C=O) groups is 1. The molecule has 0 fully saturated rings. The maximum atomic E-state index is 10.5. The minimum absolute atomic E-state index is 0.851. The molecular weight excluding hydrogens is 224 g/mol. The van der Waals surface area contributed by atoms with Crippen molar-refractivity contribution in [3.63, 3.8) is 0 Å². The van der Waals surface area contributed by atoms with Crippen LogP contribution in [0.2, 0.25) is 0 Å². The number of benzene rings is 1. The lowest BCUT2D eigenvalue weighted by atomic mass is 9.99. The summed E-state index contributed by atoms with van der Waals surface area (Å²) in [6, 6.07) is 5.87. The smallest absolute Gasteiger partial charge is 0.328 e. The Morgan fingerprint density at radius 2 is 2.00 bits per heavy atom. The first-order valence-corrected chi connectivity index (χ1v) is 5.55. The average Bonchev–Trinajstić information content (AvgIpc) is 2.32. The van der Waals surface area contributed by atoms with Crippen LogP contribution in [0.3, 0.4) is 0 Å². The van der Waals surface area contributed by atoms with Crippen LogP contribution in [0.5, 0.6) is 0 Å². The molecule has 0 atom stereocenters. The van der Waals surface area contributed by atoms with Crippen molar-refractivity contribution in [2.24, 2.45) is 0 Å². The van der Waals surface area contributed by atoms with E-state index in [4.69, 9.17) is 5.11 Å². The predicted molar refractivity (Wildman–Crippen MR) is 76.2 cm³/mol. The van der Waals surface area contributed by atoms with E-state index >= 15 is 0 Å². The normalized spacial score (nSPS) is 11.5. The predicted octanol–water partition coefficient (Wildman–Crippen LogP) is 3.85. The summed E-state index contributed by atoms with van der Waals surface area (Å²) < 4.78 is 0. The second-order valence-electron chi connectivity index (χ2n) is 3.87. The molecule has 0 saturated carbocycles. The van der Waals surface area contributed by atoms with Gasteiger partial charge < -0.3 is 5.11 Å². The maximum Gasteiger partial charge on any atom is 0.328 e. The summed E-state index contributed by atoms with van der Waals surface area (Å²) in [5.74, 6) is -0.955. The second kappa shape index (κ2) is 6.40. The van der Waals surface area contributed by atoms with Gasteiger partial charge in [-0.25, -0.2) is 4.79 Å². The van der Waals surface area contributed by atoms with Gasteiger partial charge in [0.1, 0.15) is 0 Å². The Bertz CT molecular complexity index is 534. The zero-order chi connectivity index (χ0) is 13.5. The van der Waals surface area contributed by atoms with Crippen LogP contribution in [0.1, 0.15) is 16.7 Å². The van der Waals surface area contributed by atoms with Crippen molar-refractivity contribution in [2.75, 3.05) is 0 Å². The fourth-order valence-electron chi connectivity index (χ4n) is 1.65. The largest absolute Gasteiger partial charge is 0.478 e. The van der Waals surface area contributed by atoms with Crippen molar-refractivity contribution < 1.29 is 9.90 Å². The van der Waals surface area contributed by atoms with Crippen LogP contribution >= 0.6 is 0 Å². The van der Waals surface area contributed by atoms with Gasteiger partial charge in [0.2, 0.25) is 0 Å². The summed E-state index contributed by atoms with van der Waals surface area (Å²) in [6.07, 6.45) is 8.02. The summed E-state index contributed by atoms with van der Waals surface area (Å²) in [7, 11) is 0. The van der Waals surface area contributed by atoms with Crippen molar-refractivity contribution in [3.8, 4) is 0 Å². The zero-order valence-electron chi connectivity index (χ0n) is 10.4. The quantitative estimate of drug-likeness (QED) is 0.627. The van der Waals surface area contributed by atoms with E-state index in [1.807, 2.05) is 31.2 Å². The number of rotatable bonds is 5. The molecule has 2 nitrogen and oxygen atoms in total. The molecule has 1 aromatic rings. The average molecular weight is 240 g/mol. The van der Waals surface area contributed by atoms with Crippen molar-refractivity contribution in [1.29, 1.82) is 0 Å². The highest BCUT2D eigenvalue weighted by Gasteiger charge is 2.00. The number of hydrogen-bond donors (Lipinski definition) is 1. The molecule has 1 aromatic carbocycles. The van der Waals surface area contributed by atoms with Gasteiger partial charge in [0.25, 0.3) is 0 Å². The Hall–Kier alpha value is -2.35. The third kappa shape index (κ3) is 3.91. The van der Waals surface area contributed by atoms with E-state index in [1.165, 1.54) is 0 Å². The van der Waals surface area contributed by atoms with Gasteiger partial charge in [-0.15, -0.1) is 0 Å². The third-order valence-electron chi connectivity index (χ3n) is 2.37. The van der Waals surface area contributed by atoms with E-state index in [1.54, 1.807) is 18.2 Å². The third-order valence-corrected chi connectivity index (χ3v) is 2.37. The summed E-state index contributed by atoms with van der Waals surface area (Å²) in [6.45, 7) is 9.39. The summed E-state index contributed by atoms with van der Waals surface area (Å²) >= 11 is 0. The Balaban J connectivity index is 3.23. The molecular formula is C16H16O2. The van der Waals surface area contributed by atoms with Crippen molar-refractivity contribution in [2.45, 2.75) is 6.92 Å². The molecule has 0 aromatic heterocycles. The number of hydrogen-bond acceptors (Lipinski definition) is 1. The van der Waals surface area contributed by atoms with Crippen LogP contribution < -0.4 is 0 Å². The molecule has 0 unspecified atom stereocenters. The van der Waals surface area contributed by atoms with Gasteiger partial charge in [-0.2, -0.15) is 0 Å². The van der Waals surface area contributed by atoms with Gasteiger partial charge in [-0.3, -0.25) is 0 Å². The van der Waals surface area contributed by atoms with Gasteiger partial charge >= 0.3 is 5.97 Å². The molecule has 92 valence electrons. The molecule has 2 heteroatoms. The highest BCUT2D eigenvalue weighted by molar-refractivity contribution is 5.86. The first-order chi connectivity index (χ1) is 8.56. The first-order valence-electron chi connectivity index (χ1n) is 5.55. The molecule has 0 amide bonds. The molecule has 0 bridgehead atoms. The van der Waals surface area contributed by atoms with Crippen LogP contribution in [0.4, 0.5) is 0 Å². The van der Waals surface area contributed by atoms with Crippen LogP contribution in [0.15, 0.2) is 55.7 Å². The van der Waals surface area contributed by atoms with Crippen LogP contribution in [-0.4, -0.2) is 11.1 Å². The minimum atomic E-state index is -0.955. The molecule has 1 rings (SSSR count). The lowest BCUT2D eigenvalue weighted by molar-refractivity contribution is -0.131. The second-order valence-corrected chi connectivity index (χ2v) is 3.87. The van der Waals surface area contributed by atoms with Gasteiger partial charge in [0.05, 0.1) is 0 Å². The monoisotopic (exact) mass is 240 g/mol. The molecule has 0 radical (unpaired) electrons. The number of aryl methyl sites for hydroxylation is 1. The molecule has 0 aliphatic heterocycles. The number of carboxylic acids is 1. The number of allylic oxidation sites excluding steroid dienone is 4. The molecule has 0 aliphatic rings. The topological polar surface area (TPSA) is 37.3 Å². The summed E-state index contributed by atoms with van der Waals surface area (Å²) in [5.41, 5.74) is 3.87. The van der Waals surface area contributed by atoms with Crippen LogP contribution in [-0.2, 0) is 4.79 Å². The van der Waals surface area contributed by atoms with Crippen molar-refractivity contribution >= 4 is 17.6 Å². The van der Waals surface area contributed by atoms with Gasteiger partial charge in [-0.05, 0) is 41.3 Å². The minimum Gasteiger partial charge on any atom is -0.478 e. The Kier molecular flexibility index (Phi) is 4.88. The summed E-state index contributed by atoms with van der Waals surface area (Å²) in [5, 5.41) is 8.63. The number of aliphatic carboxylic acids is 1. The van der Waals surface area contributed by atoms with Gasteiger partial charge in [-0.1, -0.05) is 43.5 Å². The highest BCUT2D eigenvalue weighted by Crippen LogP contribution is 2.20. The molecule has 0 aliphatic carbocycles. The van der Waals surface area contributed by atoms with E-state index in [2.05, 4.69) is 13.2 Å². The lowest BCUT2D eigenvalue weighted by Gasteiger charge is -2.05. The summed E-state index contributed by atoms with van der Waals surface area (Å²) in [4.78, 5) is 10.5. The Morgan fingerprint density at radius 1 is 1.28 bits per heavy atom. The fraction of sp³-hybridized carbons (Fsp3) is 0.0625. The van der Waals surface area contributed by atoms with E-state index < -0.39 is 5.97 Å². The van der Waals surface area contributed by atoms with Gasteiger partial charge in [0, 0.05) is 6.08 Å². The van der Waals surface area contributed by atoms with Crippen molar-refractivity contribution in [1.82, 2.24) is 0 Å². The highest BCUT2D eigenvalue weighted by atomic mass is 16.4. The van der Waals surface area contributed by atoms with E-state index in [0.29, 0.717) is 0 Å². The fourth-order valence-corrected chi connectivity index (χ4v) is 1.65. The van der Waals surface area contributed by atoms with Crippen LogP contribution in [0.25, 0.3) is 11.6 Å². The Labute approximate surface area is 107 Å². The zero-order valence-corrected chi connectivity index (χ0v) is 10.4. The van der Waals surface area contributed by atoms with E-state index in [-0.39, 0.29) is 0 Å². The van der Waals surface area contributed by atoms with Gasteiger partial charge in [0.15, 0.2) is 0 Å².